The Kier molecular flexibility index (Phi) is 5.87. The molecular weight excluding hydrogens is 416 g/mol. The van der Waals surface area contributed by atoms with E-state index in [-0.39, 0.29) is 18.0 Å². The molecule has 2 aromatic rings. The number of piperazine rings is 1. The first kappa shape index (κ1) is 21.6. The summed E-state index contributed by atoms with van der Waals surface area (Å²) in [5.74, 6) is 0.971. The van der Waals surface area contributed by atoms with Crippen LogP contribution in [0.1, 0.15) is 46.4 Å². The van der Waals surface area contributed by atoms with Gasteiger partial charge in [-0.15, -0.1) is 0 Å². The Morgan fingerprint density at radius 1 is 0.970 bits per heavy atom. The number of fused-ring (bicyclic) bond motifs is 2. The lowest BCUT2D eigenvalue weighted by molar-refractivity contribution is 0.0659. The minimum absolute atomic E-state index is 0.0345. The Morgan fingerprint density at radius 2 is 1.79 bits per heavy atom. The fourth-order valence-corrected chi connectivity index (χ4v) is 5.34. The van der Waals surface area contributed by atoms with Gasteiger partial charge in [-0.2, -0.15) is 0 Å². The molecule has 7 nitrogen and oxygen atoms in total. The predicted molar refractivity (Wildman–Crippen MR) is 129 cm³/mol. The molecule has 33 heavy (non-hydrogen) atoms. The highest BCUT2D eigenvalue weighted by Gasteiger charge is 2.37. The second-order valence-corrected chi connectivity index (χ2v) is 9.15. The first-order valence-electron chi connectivity index (χ1n) is 11.9. The fourth-order valence-electron chi connectivity index (χ4n) is 5.34. The average molecular weight is 449 g/mol. The number of methoxy groups -OCH3 is 1. The van der Waals surface area contributed by atoms with Crippen LogP contribution in [0.25, 0.3) is 0 Å². The lowest BCUT2D eigenvalue weighted by Crippen LogP contribution is -2.53. The first-order valence-corrected chi connectivity index (χ1v) is 11.9. The Balaban J connectivity index is 1.31. The van der Waals surface area contributed by atoms with Crippen LogP contribution < -0.4 is 14.5 Å². The maximum Gasteiger partial charge on any atom is 0.257 e. The summed E-state index contributed by atoms with van der Waals surface area (Å²) in [6.45, 7) is 3.70. The van der Waals surface area contributed by atoms with Crippen molar-refractivity contribution < 1.29 is 14.3 Å². The first-order chi connectivity index (χ1) is 16.1. The molecule has 174 valence electrons. The number of nitrogens with zero attached hydrogens (tertiary/aromatic N) is 4. The largest absolute Gasteiger partial charge is 0.497 e. The van der Waals surface area contributed by atoms with Crippen molar-refractivity contribution in [3.8, 4) is 5.75 Å². The summed E-state index contributed by atoms with van der Waals surface area (Å²) in [6.07, 6.45) is 4.42. The molecule has 2 fully saturated rings. The molecule has 2 amide bonds. The van der Waals surface area contributed by atoms with Gasteiger partial charge in [-0.25, -0.2) is 0 Å². The summed E-state index contributed by atoms with van der Waals surface area (Å²) in [4.78, 5) is 34.9. The molecule has 0 unspecified atom stereocenters. The monoisotopic (exact) mass is 448 g/mol. The molecule has 3 aliphatic heterocycles. The van der Waals surface area contributed by atoms with E-state index in [1.807, 2.05) is 46.2 Å². The molecule has 2 aromatic carbocycles. The highest BCUT2D eigenvalue weighted by Crippen LogP contribution is 2.34. The van der Waals surface area contributed by atoms with Gasteiger partial charge in [-0.1, -0.05) is 12.5 Å². The zero-order valence-electron chi connectivity index (χ0n) is 19.5. The molecule has 5 rings (SSSR count). The van der Waals surface area contributed by atoms with Crippen LogP contribution in [0.15, 0.2) is 42.5 Å². The van der Waals surface area contributed by atoms with Gasteiger partial charge in [-0.3, -0.25) is 9.59 Å². The van der Waals surface area contributed by atoms with Gasteiger partial charge in [0.1, 0.15) is 11.9 Å². The van der Waals surface area contributed by atoms with E-state index < -0.39 is 0 Å². The Morgan fingerprint density at radius 3 is 2.58 bits per heavy atom. The molecule has 7 heteroatoms. The van der Waals surface area contributed by atoms with Gasteiger partial charge >= 0.3 is 0 Å². The van der Waals surface area contributed by atoms with Crippen LogP contribution in [-0.2, 0) is 0 Å². The van der Waals surface area contributed by atoms with Crippen molar-refractivity contribution in [2.45, 2.75) is 31.8 Å². The van der Waals surface area contributed by atoms with E-state index in [1.165, 1.54) is 0 Å². The molecule has 0 radical (unpaired) electrons. The third-order valence-corrected chi connectivity index (χ3v) is 7.27. The highest BCUT2D eigenvalue weighted by molar-refractivity contribution is 6.04. The van der Waals surface area contributed by atoms with Crippen molar-refractivity contribution in [2.75, 3.05) is 56.7 Å². The number of ether oxygens (including phenoxy) is 1. The van der Waals surface area contributed by atoms with Crippen molar-refractivity contribution in [1.82, 2.24) is 9.80 Å². The quantitative estimate of drug-likeness (QED) is 0.720. The normalized spacial score (nSPS) is 20.8. The van der Waals surface area contributed by atoms with Crippen LogP contribution >= 0.6 is 0 Å². The van der Waals surface area contributed by atoms with Crippen molar-refractivity contribution in [1.29, 1.82) is 0 Å². The van der Waals surface area contributed by atoms with Gasteiger partial charge in [0.15, 0.2) is 0 Å². The molecule has 0 aliphatic carbocycles. The van der Waals surface area contributed by atoms with E-state index in [4.69, 9.17) is 4.74 Å². The van der Waals surface area contributed by atoms with Gasteiger partial charge in [-0.05, 0) is 49.6 Å². The Hall–Kier alpha value is -3.22. The molecule has 0 saturated carbocycles. The maximum atomic E-state index is 13.3. The summed E-state index contributed by atoms with van der Waals surface area (Å²) in [5, 5.41) is 0. The molecule has 1 atom stereocenters. The summed E-state index contributed by atoms with van der Waals surface area (Å²) < 4.78 is 5.34. The second kappa shape index (κ2) is 8.96. The number of anilines is 2. The van der Waals surface area contributed by atoms with E-state index in [2.05, 4.69) is 22.9 Å². The summed E-state index contributed by atoms with van der Waals surface area (Å²) >= 11 is 0. The molecule has 2 saturated heterocycles. The highest BCUT2D eigenvalue weighted by atomic mass is 16.5. The molecule has 0 N–H and O–H groups in total. The van der Waals surface area contributed by atoms with Crippen LogP contribution in [0.2, 0.25) is 0 Å². The summed E-state index contributed by atoms with van der Waals surface area (Å²) in [6, 6.07) is 13.6. The van der Waals surface area contributed by atoms with Crippen molar-refractivity contribution in [3.63, 3.8) is 0 Å². The number of amides is 2. The molecule has 3 aliphatic rings. The minimum atomic E-state index is 0.0345. The third kappa shape index (κ3) is 4.01. The third-order valence-electron chi connectivity index (χ3n) is 7.27. The zero-order chi connectivity index (χ0) is 22.9. The van der Waals surface area contributed by atoms with Crippen LogP contribution in [0, 0.1) is 0 Å². The average Bonchev–Trinajstić information content (AvgIpc) is 3.13. The van der Waals surface area contributed by atoms with E-state index in [0.29, 0.717) is 24.2 Å². The number of benzene rings is 2. The van der Waals surface area contributed by atoms with Crippen molar-refractivity contribution in [3.05, 3.63) is 53.6 Å². The number of carbonyl (C=O) groups excluding carboxylic acids is 2. The number of hydrogen-bond donors (Lipinski definition) is 0. The minimum Gasteiger partial charge on any atom is -0.497 e. The van der Waals surface area contributed by atoms with Gasteiger partial charge in [0.2, 0.25) is 0 Å². The molecule has 0 aromatic heterocycles. The number of hydrogen-bond acceptors (Lipinski definition) is 5. The molecule has 0 bridgehead atoms. The fraction of sp³-hybridized carbons (Fsp3) is 0.462. The summed E-state index contributed by atoms with van der Waals surface area (Å²) in [5.41, 5.74) is 3.35. The smallest absolute Gasteiger partial charge is 0.257 e. The maximum absolute atomic E-state index is 13.3. The van der Waals surface area contributed by atoms with Gasteiger partial charge in [0.05, 0.1) is 18.4 Å². The lowest BCUT2D eigenvalue weighted by atomic mass is 10.0. The standard InChI is InChI=1S/C26H32N4O3/c1-27-23-17-19(10-11-22(23)26(32)30-12-5-3-4-9-24(27)30)25(31)29-15-13-28(14-16-29)20-7-6-8-21(18-20)33-2/h6-8,10-11,17-18,24H,3-5,9,12-16H2,1-2H3/t24-/m0/s1. The van der Waals surface area contributed by atoms with Gasteiger partial charge < -0.3 is 24.3 Å². The predicted octanol–water partition coefficient (Wildman–Crippen LogP) is 3.45. The van der Waals surface area contributed by atoms with Crippen molar-refractivity contribution in [2.24, 2.45) is 0 Å². The SMILES string of the molecule is COc1cccc(N2CCN(C(=O)c3ccc4c(c3)N(C)[C@@H]3CCCCCN3C4=O)CC2)c1. The molecular formula is C26H32N4O3. The van der Waals surface area contributed by atoms with Gasteiger partial charge in [0.25, 0.3) is 11.8 Å². The topological polar surface area (TPSA) is 56.3 Å². The second-order valence-electron chi connectivity index (χ2n) is 9.15. The molecule has 3 heterocycles. The van der Waals surface area contributed by atoms with E-state index in [9.17, 15) is 9.59 Å². The van der Waals surface area contributed by atoms with E-state index in [0.717, 1.165) is 62.4 Å². The Bertz CT molecular complexity index is 1050. The van der Waals surface area contributed by atoms with Crippen LogP contribution in [0.5, 0.6) is 5.75 Å². The van der Waals surface area contributed by atoms with Crippen LogP contribution in [0.4, 0.5) is 11.4 Å². The van der Waals surface area contributed by atoms with Crippen LogP contribution in [0.3, 0.4) is 0 Å². The Labute approximate surface area is 195 Å². The number of rotatable bonds is 3. The lowest BCUT2D eigenvalue weighted by Gasteiger charge is -2.43. The van der Waals surface area contributed by atoms with Crippen LogP contribution in [-0.4, -0.2) is 74.7 Å². The van der Waals surface area contributed by atoms with E-state index in [1.54, 1.807) is 7.11 Å². The zero-order valence-corrected chi connectivity index (χ0v) is 19.5. The summed E-state index contributed by atoms with van der Waals surface area (Å²) in [7, 11) is 3.72. The molecule has 0 spiro atoms. The van der Waals surface area contributed by atoms with E-state index >= 15 is 0 Å². The van der Waals surface area contributed by atoms with Gasteiger partial charge in [0, 0.05) is 57.1 Å². The number of carbonyl (C=O) groups is 2. The van der Waals surface area contributed by atoms with Crippen molar-refractivity contribution >= 4 is 23.2 Å².